The van der Waals surface area contributed by atoms with Gasteiger partial charge in [0.15, 0.2) is 0 Å². The Labute approximate surface area is 141 Å². The van der Waals surface area contributed by atoms with E-state index < -0.39 is 5.60 Å². The maximum Gasteiger partial charge on any atom is 0.0833 e. The molecule has 0 unspecified atom stereocenters. The van der Waals surface area contributed by atoms with Crippen molar-refractivity contribution in [2.45, 2.75) is 90.1 Å². The van der Waals surface area contributed by atoms with Crippen LogP contribution in [0, 0.1) is 45.8 Å². The fourth-order valence-corrected chi connectivity index (χ4v) is 7.83. The zero-order valence-corrected chi connectivity index (χ0v) is 15.0. The molecule has 128 valence electrons. The van der Waals surface area contributed by atoms with Crippen LogP contribution in [-0.4, -0.2) is 10.7 Å². The largest absolute Gasteiger partial charge is 0.388 e. The first kappa shape index (κ1) is 15.9. The second-order valence-electron chi connectivity index (χ2n) is 9.76. The summed E-state index contributed by atoms with van der Waals surface area (Å²) in [6, 6.07) is 2.28. The molecule has 0 heterocycles. The Balaban J connectivity index is 1.64. The maximum atomic E-state index is 11.2. The second kappa shape index (κ2) is 5.22. The van der Waals surface area contributed by atoms with E-state index in [0.717, 1.165) is 37.0 Å². The summed E-state index contributed by atoms with van der Waals surface area (Å²) in [5.41, 5.74) is -0.165. The Kier molecular flexibility index (Phi) is 3.62. The lowest BCUT2D eigenvalue weighted by Crippen LogP contribution is -2.56. The van der Waals surface area contributed by atoms with Crippen LogP contribution in [0.2, 0.25) is 0 Å². The summed E-state index contributed by atoms with van der Waals surface area (Å²) in [5.74, 6) is 3.30. The normalized spacial score (nSPS) is 55.4. The van der Waals surface area contributed by atoms with Gasteiger partial charge in [-0.15, -0.1) is 0 Å². The molecule has 7 atom stereocenters. The molecule has 0 aliphatic heterocycles. The molecule has 0 saturated heterocycles. The molecule has 0 bridgehead atoms. The highest BCUT2D eigenvalue weighted by atomic mass is 16.3. The van der Waals surface area contributed by atoms with Crippen LogP contribution in [0.4, 0.5) is 0 Å². The Bertz CT molecular complexity index is 524. The van der Waals surface area contributed by atoms with Gasteiger partial charge in [-0.25, -0.2) is 0 Å². The lowest BCUT2D eigenvalue weighted by Gasteiger charge is -2.61. The van der Waals surface area contributed by atoms with Crippen LogP contribution in [0.5, 0.6) is 0 Å². The highest BCUT2D eigenvalue weighted by Gasteiger charge is 2.64. The molecule has 2 heteroatoms. The molecular weight excluding hydrogens is 282 g/mol. The fraction of sp³-hybridized carbons (Fsp3) is 0.952. The predicted molar refractivity (Wildman–Crippen MR) is 91.5 cm³/mol. The molecular formula is C21H33NO. The molecule has 0 aromatic heterocycles. The first-order valence-corrected chi connectivity index (χ1v) is 10.0. The summed E-state index contributed by atoms with van der Waals surface area (Å²) in [6.07, 6.45) is 13.3. The minimum absolute atomic E-state index is 0.0121. The number of fused-ring (bicyclic) bond motifs is 5. The smallest absolute Gasteiger partial charge is 0.0833 e. The van der Waals surface area contributed by atoms with Crippen molar-refractivity contribution in [3.8, 4) is 6.07 Å². The summed E-state index contributed by atoms with van der Waals surface area (Å²) >= 11 is 0. The molecule has 23 heavy (non-hydrogen) atoms. The van der Waals surface area contributed by atoms with Gasteiger partial charge in [-0.2, -0.15) is 5.26 Å². The lowest BCUT2D eigenvalue weighted by atomic mass is 9.44. The van der Waals surface area contributed by atoms with Crippen LogP contribution < -0.4 is 0 Å². The van der Waals surface area contributed by atoms with E-state index in [0.29, 0.717) is 17.8 Å². The molecule has 4 rings (SSSR count). The number of rotatable bonds is 1. The molecule has 0 amide bonds. The van der Waals surface area contributed by atoms with E-state index in [9.17, 15) is 10.4 Å². The van der Waals surface area contributed by atoms with Gasteiger partial charge in [-0.05, 0) is 80.5 Å². The van der Waals surface area contributed by atoms with E-state index >= 15 is 0 Å². The van der Waals surface area contributed by atoms with E-state index in [1.165, 1.54) is 44.9 Å². The van der Waals surface area contributed by atoms with Gasteiger partial charge >= 0.3 is 0 Å². The van der Waals surface area contributed by atoms with Crippen molar-refractivity contribution in [1.29, 1.82) is 5.26 Å². The van der Waals surface area contributed by atoms with E-state index in [2.05, 4.69) is 19.9 Å². The first-order chi connectivity index (χ1) is 10.9. The molecule has 2 nitrogen and oxygen atoms in total. The van der Waals surface area contributed by atoms with Crippen molar-refractivity contribution in [2.75, 3.05) is 0 Å². The molecule has 0 aromatic rings. The molecule has 0 radical (unpaired) electrons. The SMILES string of the molecule is C[C@]12CCCC[C@@H]1CC[C@@H]1[C@H]2CC[C@@]2(C)[C@H]1CC[C@@]2(O)CC#N. The fourth-order valence-electron chi connectivity index (χ4n) is 7.83. The quantitative estimate of drug-likeness (QED) is 0.734. The summed E-state index contributed by atoms with van der Waals surface area (Å²) in [7, 11) is 0. The monoisotopic (exact) mass is 315 g/mol. The molecule has 1 N–H and O–H groups in total. The topological polar surface area (TPSA) is 44.0 Å². The van der Waals surface area contributed by atoms with Crippen molar-refractivity contribution < 1.29 is 5.11 Å². The molecule has 4 aliphatic rings. The second-order valence-corrected chi connectivity index (χ2v) is 9.76. The number of hydrogen-bond donors (Lipinski definition) is 1. The van der Waals surface area contributed by atoms with Gasteiger partial charge < -0.3 is 5.11 Å². The highest BCUT2D eigenvalue weighted by molar-refractivity contribution is 5.15. The molecule has 4 aliphatic carbocycles. The minimum atomic E-state index is -0.721. The molecule has 4 saturated carbocycles. The van der Waals surface area contributed by atoms with E-state index in [1.807, 2.05) is 0 Å². The Morgan fingerprint density at radius 3 is 2.52 bits per heavy atom. The zero-order valence-electron chi connectivity index (χ0n) is 15.0. The number of nitriles is 1. The van der Waals surface area contributed by atoms with Gasteiger partial charge in [0.05, 0.1) is 18.1 Å². The predicted octanol–water partition coefficient (Wildman–Crippen LogP) is 5.06. The van der Waals surface area contributed by atoms with Gasteiger partial charge in [-0.3, -0.25) is 0 Å². The average molecular weight is 316 g/mol. The summed E-state index contributed by atoms with van der Waals surface area (Å²) in [5, 5.41) is 20.4. The third-order valence-electron chi connectivity index (χ3n) is 9.28. The van der Waals surface area contributed by atoms with Crippen LogP contribution in [0.3, 0.4) is 0 Å². The minimum Gasteiger partial charge on any atom is -0.388 e. The van der Waals surface area contributed by atoms with Gasteiger partial charge in [-0.1, -0.05) is 26.7 Å². The summed E-state index contributed by atoms with van der Waals surface area (Å²) in [4.78, 5) is 0. The van der Waals surface area contributed by atoms with Crippen molar-refractivity contribution >= 4 is 0 Å². The van der Waals surface area contributed by atoms with Crippen molar-refractivity contribution in [3.05, 3.63) is 0 Å². The molecule has 4 fully saturated rings. The third kappa shape index (κ3) is 2.02. The van der Waals surface area contributed by atoms with Crippen molar-refractivity contribution in [2.24, 2.45) is 34.5 Å². The van der Waals surface area contributed by atoms with Crippen LogP contribution in [0.25, 0.3) is 0 Å². The maximum absolute atomic E-state index is 11.2. The average Bonchev–Trinajstić information content (AvgIpc) is 2.79. The molecule has 0 spiro atoms. The van der Waals surface area contributed by atoms with E-state index in [1.54, 1.807) is 0 Å². The van der Waals surface area contributed by atoms with E-state index in [4.69, 9.17) is 0 Å². The van der Waals surface area contributed by atoms with Gasteiger partial charge in [0.1, 0.15) is 0 Å². The van der Waals surface area contributed by atoms with Crippen molar-refractivity contribution in [1.82, 2.24) is 0 Å². The summed E-state index contributed by atoms with van der Waals surface area (Å²) < 4.78 is 0. The van der Waals surface area contributed by atoms with Gasteiger partial charge in [0, 0.05) is 5.41 Å². The summed E-state index contributed by atoms with van der Waals surface area (Å²) in [6.45, 7) is 4.92. The lowest BCUT2D eigenvalue weighted by molar-refractivity contribution is -0.149. The highest BCUT2D eigenvalue weighted by Crippen LogP contribution is 2.68. The standard InChI is InChI=1S/C21H33NO/c1-19-10-4-3-5-15(19)6-7-16-17(19)8-11-20(2)18(16)9-12-21(20,23)13-14-22/h15-18,23H,3-13H2,1-2H3/t15-,16-,17-,18+,19+,20+,21-/m1/s1. The third-order valence-corrected chi connectivity index (χ3v) is 9.28. The van der Waals surface area contributed by atoms with Crippen LogP contribution >= 0.6 is 0 Å². The number of aliphatic hydroxyl groups is 1. The van der Waals surface area contributed by atoms with Gasteiger partial charge in [0.25, 0.3) is 0 Å². The van der Waals surface area contributed by atoms with Gasteiger partial charge in [0.2, 0.25) is 0 Å². The Morgan fingerprint density at radius 1 is 0.957 bits per heavy atom. The number of nitrogens with zero attached hydrogens (tertiary/aromatic N) is 1. The zero-order chi connectivity index (χ0) is 16.3. The molecule has 0 aromatic carbocycles. The Hall–Kier alpha value is -0.550. The van der Waals surface area contributed by atoms with Crippen molar-refractivity contribution in [3.63, 3.8) is 0 Å². The van der Waals surface area contributed by atoms with Crippen LogP contribution in [-0.2, 0) is 0 Å². The number of hydrogen-bond acceptors (Lipinski definition) is 2. The Morgan fingerprint density at radius 2 is 1.74 bits per heavy atom. The first-order valence-electron chi connectivity index (χ1n) is 10.0. The van der Waals surface area contributed by atoms with Crippen LogP contribution in [0.15, 0.2) is 0 Å². The van der Waals surface area contributed by atoms with Crippen LogP contribution in [0.1, 0.15) is 84.5 Å². The van der Waals surface area contributed by atoms with E-state index in [-0.39, 0.29) is 5.41 Å².